The largest absolute Gasteiger partial charge is 0.487 e. The monoisotopic (exact) mass is 318 g/mol. The Labute approximate surface area is 136 Å². The first-order valence-corrected chi connectivity index (χ1v) is 7.96. The number of benzene rings is 1. The number of rotatable bonds is 3. The van der Waals surface area contributed by atoms with Crippen LogP contribution in [0.15, 0.2) is 18.2 Å². The van der Waals surface area contributed by atoms with Crippen LogP contribution in [0.5, 0.6) is 5.75 Å². The maximum absolute atomic E-state index is 12.5. The number of carbonyl (C=O) groups is 2. The average Bonchev–Trinajstić information content (AvgIpc) is 2.55. The molecule has 0 saturated carbocycles. The van der Waals surface area contributed by atoms with Crippen molar-refractivity contribution in [2.24, 2.45) is 0 Å². The van der Waals surface area contributed by atoms with E-state index in [-0.39, 0.29) is 17.8 Å². The van der Waals surface area contributed by atoms with Crippen molar-refractivity contribution in [1.82, 2.24) is 4.90 Å². The van der Waals surface area contributed by atoms with Gasteiger partial charge in [0, 0.05) is 18.7 Å². The van der Waals surface area contributed by atoms with Gasteiger partial charge in [0.2, 0.25) is 5.91 Å². The first-order valence-electron chi connectivity index (χ1n) is 7.96. The Morgan fingerprint density at radius 2 is 2.00 bits per heavy atom. The summed E-state index contributed by atoms with van der Waals surface area (Å²) < 4.78 is 11.1. The summed E-state index contributed by atoms with van der Waals surface area (Å²) in [5.74, 6) is 0.816. The van der Waals surface area contributed by atoms with E-state index in [1.807, 2.05) is 28.9 Å². The van der Waals surface area contributed by atoms with Crippen LogP contribution in [0, 0.1) is 0 Å². The van der Waals surface area contributed by atoms with Gasteiger partial charge in [-0.2, -0.15) is 0 Å². The quantitative estimate of drug-likeness (QED) is 0.787. The van der Waals surface area contributed by atoms with Gasteiger partial charge in [0.25, 0.3) is 0 Å². The summed E-state index contributed by atoms with van der Waals surface area (Å²) >= 11 is 0. The molecule has 1 aromatic rings. The Hall–Kier alpha value is -2.08. The van der Waals surface area contributed by atoms with E-state index in [1.165, 1.54) is 6.92 Å². The minimum atomic E-state index is 0.00293. The number of nitrogens with zero attached hydrogens (tertiary/aromatic N) is 2. The highest BCUT2D eigenvalue weighted by molar-refractivity contribution is 5.96. The van der Waals surface area contributed by atoms with Crippen molar-refractivity contribution < 1.29 is 19.1 Å². The molecule has 1 unspecified atom stereocenters. The molecule has 1 saturated heterocycles. The smallest absolute Gasteiger partial charge is 0.242 e. The Morgan fingerprint density at radius 3 is 2.70 bits per heavy atom. The predicted octanol–water partition coefficient (Wildman–Crippen LogP) is 1.34. The van der Waals surface area contributed by atoms with Gasteiger partial charge in [0.15, 0.2) is 5.78 Å². The molecule has 0 aliphatic carbocycles. The van der Waals surface area contributed by atoms with Gasteiger partial charge in [-0.3, -0.25) is 9.59 Å². The molecule has 1 amide bonds. The molecule has 0 radical (unpaired) electrons. The van der Waals surface area contributed by atoms with E-state index in [1.54, 1.807) is 6.07 Å². The molecular formula is C17H22N2O4. The number of hydrogen-bond donors (Lipinski definition) is 0. The van der Waals surface area contributed by atoms with Crippen molar-refractivity contribution in [1.29, 1.82) is 0 Å². The lowest BCUT2D eigenvalue weighted by atomic mass is 10.1. The molecule has 6 nitrogen and oxygen atoms in total. The van der Waals surface area contributed by atoms with Crippen LogP contribution in [-0.2, 0) is 9.53 Å². The SMILES string of the molecule is CC(=O)c1ccc2c(c1)N(CC(=O)N1CCOCC1)CC(C)O2. The summed E-state index contributed by atoms with van der Waals surface area (Å²) in [5, 5.41) is 0. The van der Waals surface area contributed by atoms with Gasteiger partial charge < -0.3 is 19.3 Å². The van der Waals surface area contributed by atoms with E-state index in [0.717, 1.165) is 11.4 Å². The highest BCUT2D eigenvalue weighted by atomic mass is 16.5. The molecule has 124 valence electrons. The van der Waals surface area contributed by atoms with Crippen molar-refractivity contribution in [3.05, 3.63) is 23.8 Å². The van der Waals surface area contributed by atoms with E-state index in [0.29, 0.717) is 45.0 Å². The lowest BCUT2D eigenvalue weighted by molar-refractivity contribution is -0.133. The highest BCUT2D eigenvalue weighted by Gasteiger charge is 2.27. The zero-order valence-electron chi connectivity index (χ0n) is 13.6. The lowest BCUT2D eigenvalue weighted by Crippen LogP contribution is -2.48. The summed E-state index contributed by atoms with van der Waals surface area (Å²) in [7, 11) is 0. The summed E-state index contributed by atoms with van der Waals surface area (Å²) in [5.41, 5.74) is 1.45. The second-order valence-electron chi connectivity index (χ2n) is 6.04. The van der Waals surface area contributed by atoms with Crippen LogP contribution >= 0.6 is 0 Å². The van der Waals surface area contributed by atoms with E-state index in [9.17, 15) is 9.59 Å². The maximum Gasteiger partial charge on any atom is 0.242 e. The molecular weight excluding hydrogens is 296 g/mol. The van der Waals surface area contributed by atoms with Gasteiger partial charge in [0.1, 0.15) is 11.9 Å². The zero-order chi connectivity index (χ0) is 16.4. The van der Waals surface area contributed by atoms with E-state index in [4.69, 9.17) is 9.47 Å². The summed E-state index contributed by atoms with van der Waals surface area (Å²) in [6, 6.07) is 5.39. The molecule has 2 aliphatic heterocycles. The molecule has 1 fully saturated rings. The Morgan fingerprint density at radius 1 is 1.26 bits per heavy atom. The molecule has 23 heavy (non-hydrogen) atoms. The van der Waals surface area contributed by atoms with Crippen molar-refractivity contribution >= 4 is 17.4 Å². The molecule has 2 aliphatic rings. The standard InChI is InChI=1S/C17H22N2O4/c1-12-10-19(11-17(21)18-5-7-22-8-6-18)15-9-14(13(2)20)3-4-16(15)23-12/h3-4,9,12H,5-8,10-11H2,1-2H3. The lowest BCUT2D eigenvalue weighted by Gasteiger charge is -2.36. The van der Waals surface area contributed by atoms with Crippen LogP contribution in [0.25, 0.3) is 0 Å². The minimum absolute atomic E-state index is 0.00293. The number of amides is 1. The van der Waals surface area contributed by atoms with Crippen molar-refractivity contribution in [3.63, 3.8) is 0 Å². The number of carbonyl (C=O) groups excluding carboxylic acids is 2. The van der Waals surface area contributed by atoms with E-state index < -0.39 is 0 Å². The van der Waals surface area contributed by atoms with Crippen LogP contribution < -0.4 is 9.64 Å². The molecule has 6 heteroatoms. The maximum atomic E-state index is 12.5. The summed E-state index contributed by atoms with van der Waals surface area (Å²) in [6.45, 7) is 6.91. The van der Waals surface area contributed by atoms with Gasteiger partial charge in [-0.1, -0.05) is 0 Å². The molecule has 3 rings (SSSR count). The number of hydrogen-bond acceptors (Lipinski definition) is 5. The second-order valence-corrected chi connectivity index (χ2v) is 6.04. The number of fused-ring (bicyclic) bond motifs is 1. The third-order valence-electron chi connectivity index (χ3n) is 4.20. The van der Waals surface area contributed by atoms with Crippen LogP contribution in [0.1, 0.15) is 24.2 Å². The van der Waals surface area contributed by atoms with E-state index >= 15 is 0 Å². The first-order chi connectivity index (χ1) is 11.0. The fourth-order valence-electron chi connectivity index (χ4n) is 2.97. The third-order valence-corrected chi connectivity index (χ3v) is 4.20. The number of Topliss-reactive ketones (excluding diaryl/α,β-unsaturated/α-hetero) is 1. The van der Waals surface area contributed by atoms with Gasteiger partial charge >= 0.3 is 0 Å². The first kappa shape index (κ1) is 15.8. The predicted molar refractivity (Wildman–Crippen MR) is 86.1 cm³/mol. The highest BCUT2D eigenvalue weighted by Crippen LogP contribution is 2.34. The van der Waals surface area contributed by atoms with Crippen molar-refractivity contribution in [2.45, 2.75) is 20.0 Å². The molecule has 1 aromatic carbocycles. The van der Waals surface area contributed by atoms with Crippen LogP contribution in [0.2, 0.25) is 0 Å². The van der Waals surface area contributed by atoms with Crippen LogP contribution in [0.4, 0.5) is 5.69 Å². The minimum Gasteiger partial charge on any atom is -0.487 e. The molecule has 0 bridgehead atoms. The second kappa shape index (κ2) is 6.58. The Kier molecular flexibility index (Phi) is 4.52. The fraction of sp³-hybridized carbons (Fsp3) is 0.529. The fourth-order valence-corrected chi connectivity index (χ4v) is 2.97. The number of ketones is 1. The topological polar surface area (TPSA) is 59.1 Å². The number of morpholine rings is 1. The average molecular weight is 318 g/mol. The molecule has 0 spiro atoms. The molecule has 1 atom stereocenters. The summed E-state index contributed by atoms with van der Waals surface area (Å²) in [6.07, 6.45) is 0.00293. The van der Waals surface area contributed by atoms with Crippen LogP contribution in [0.3, 0.4) is 0 Å². The molecule has 0 aromatic heterocycles. The molecule has 2 heterocycles. The summed E-state index contributed by atoms with van der Waals surface area (Å²) in [4.78, 5) is 28.0. The van der Waals surface area contributed by atoms with E-state index in [2.05, 4.69) is 0 Å². The zero-order valence-corrected chi connectivity index (χ0v) is 13.6. The normalized spacial score (nSPS) is 20.7. The third kappa shape index (κ3) is 3.47. The van der Waals surface area contributed by atoms with Gasteiger partial charge in [-0.05, 0) is 32.0 Å². The van der Waals surface area contributed by atoms with Crippen LogP contribution in [-0.4, -0.2) is 62.1 Å². The van der Waals surface area contributed by atoms with Gasteiger partial charge in [-0.25, -0.2) is 0 Å². The van der Waals surface area contributed by atoms with Crippen molar-refractivity contribution in [3.8, 4) is 5.75 Å². The number of ether oxygens (including phenoxy) is 2. The number of anilines is 1. The van der Waals surface area contributed by atoms with Crippen molar-refractivity contribution in [2.75, 3.05) is 44.3 Å². The van der Waals surface area contributed by atoms with Gasteiger partial charge in [0.05, 0.1) is 32.0 Å². The van der Waals surface area contributed by atoms with Gasteiger partial charge in [-0.15, -0.1) is 0 Å². The Balaban J connectivity index is 1.80. The molecule has 0 N–H and O–H groups in total. The Bertz CT molecular complexity index is 611.